The highest BCUT2D eigenvalue weighted by Crippen LogP contribution is 2.04. The smallest absolute Gasteiger partial charge is 0.208 e. The maximum atomic E-state index is 5.36. The summed E-state index contributed by atoms with van der Waals surface area (Å²) in [4.78, 5) is 6.41. The van der Waals surface area contributed by atoms with E-state index < -0.39 is 0 Å². The third-order valence-electron chi connectivity index (χ3n) is 1.92. The first kappa shape index (κ1) is 9.26. The van der Waals surface area contributed by atoms with Crippen molar-refractivity contribution in [2.45, 2.75) is 27.3 Å². The fraction of sp³-hybridized carbons (Fsp3) is 0.667. The standard InChI is InChI=1S/C9H16N2O/c1-4-11(5-2)7-9-10-6-8(3)12-9/h6H,4-5,7H2,1-3H3. The Morgan fingerprint density at radius 2 is 2.08 bits per heavy atom. The second-order valence-electron chi connectivity index (χ2n) is 2.83. The van der Waals surface area contributed by atoms with Gasteiger partial charge in [-0.25, -0.2) is 4.98 Å². The fourth-order valence-corrected chi connectivity index (χ4v) is 1.11. The van der Waals surface area contributed by atoms with E-state index in [9.17, 15) is 0 Å². The van der Waals surface area contributed by atoms with Crippen molar-refractivity contribution in [2.24, 2.45) is 0 Å². The zero-order valence-electron chi connectivity index (χ0n) is 8.00. The maximum absolute atomic E-state index is 5.36. The van der Waals surface area contributed by atoms with Crippen LogP contribution in [0, 0.1) is 6.92 Å². The van der Waals surface area contributed by atoms with Crippen LogP contribution >= 0.6 is 0 Å². The summed E-state index contributed by atoms with van der Waals surface area (Å²) in [5.41, 5.74) is 0. The molecule has 0 aliphatic carbocycles. The highest BCUT2D eigenvalue weighted by molar-refractivity contribution is 4.90. The Hall–Kier alpha value is -0.830. The normalized spacial score (nSPS) is 11.0. The van der Waals surface area contributed by atoms with Crippen molar-refractivity contribution >= 4 is 0 Å². The largest absolute Gasteiger partial charge is 0.445 e. The van der Waals surface area contributed by atoms with Crippen LogP contribution in [-0.2, 0) is 6.54 Å². The number of nitrogens with zero attached hydrogens (tertiary/aromatic N) is 2. The molecule has 3 nitrogen and oxygen atoms in total. The molecule has 0 saturated heterocycles. The van der Waals surface area contributed by atoms with Crippen LogP contribution in [0.5, 0.6) is 0 Å². The lowest BCUT2D eigenvalue weighted by Gasteiger charge is -2.14. The van der Waals surface area contributed by atoms with Crippen molar-refractivity contribution < 1.29 is 4.42 Å². The van der Waals surface area contributed by atoms with Crippen LogP contribution in [0.15, 0.2) is 10.6 Å². The summed E-state index contributed by atoms with van der Waals surface area (Å²) in [6.07, 6.45) is 1.76. The van der Waals surface area contributed by atoms with Crippen molar-refractivity contribution in [1.82, 2.24) is 9.88 Å². The molecule has 0 spiro atoms. The second kappa shape index (κ2) is 4.26. The summed E-state index contributed by atoms with van der Waals surface area (Å²) in [5, 5.41) is 0. The number of hydrogen-bond donors (Lipinski definition) is 0. The van der Waals surface area contributed by atoms with Crippen LogP contribution in [0.4, 0.5) is 0 Å². The Labute approximate surface area is 73.4 Å². The van der Waals surface area contributed by atoms with Gasteiger partial charge in [0.25, 0.3) is 0 Å². The van der Waals surface area contributed by atoms with E-state index in [1.165, 1.54) is 0 Å². The number of aromatic nitrogens is 1. The van der Waals surface area contributed by atoms with E-state index in [1.807, 2.05) is 6.92 Å². The van der Waals surface area contributed by atoms with Crippen molar-refractivity contribution in [1.29, 1.82) is 0 Å². The summed E-state index contributed by atoms with van der Waals surface area (Å²) in [7, 11) is 0. The highest BCUT2D eigenvalue weighted by atomic mass is 16.4. The molecule has 0 N–H and O–H groups in total. The van der Waals surface area contributed by atoms with Gasteiger partial charge in [-0.1, -0.05) is 13.8 Å². The average Bonchev–Trinajstić information content (AvgIpc) is 2.47. The second-order valence-corrected chi connectivity index (χ2v) is 2.83. The third-order valence-corrected chi connectivity index (χ3v) is 1.92. The lowest BCUT2D eigenvalue weighted by molar-refractivity contribution is 0.261. The molecule has 0 aromatic carbocycles. The molecular formula is C9H16N2O. The minimum absolute atomic E-state index is 0.816. The molecule has 0 radical (unpaired) electrons. The quantitative estimate of drug-likeness (QED) is 0.686. The van der Waals surface area contributed by atoms with E-state index in [-0.39, 0.29) is 0 Å². The Balaban J connectivity index is 2.50. The SMILES string of the molecule is CCN(CC)Cc1ncc(C)o1. The van der Waals surface area contributed by atoms with Crippen LogP contribution in [0.2, 0.25) is 0 Å². The van der Waals surface area contributed by atoms with E-state index in [4.69, 9.17) is 4.42 Å². The summed E-state index contributed by atoms with van der Waals surface area (Å²) in [6.45, 7) is 9.09. The Kier molecular flexibility index (Phi) is 3.29. The van der Waals surface area contributed by atoms with Crippen molar-refractivity contribution in [3.63, 3.8) is 0 Å². The van der Waals surface area contributed by atoms with Gasteiger partial charge in [-0.15, -0.1) is 0 Å². The van der Waals surface area contributed by atoms with Crippen molar-refractivity contribution in [3.05, 3.63) is 17.8 Å². The molecule has 1 aromatic heterocycles. The lowest BCUT2D eigenvalue weighted by Crippen LogP contribution is -2.22. The number of rotatable bonds is 4. The Morgan fingerprint density at radius 1 is 1.42 bits per heavy atom. The summed E-state index contributed by atoms with van der Waals surface area (Å²) in [5.74, 6) is 1.70. The van der Waals surface area contributed by atoms with Gasteiger partial charge in [0.05, 0.1) is 12.7 Å². The molecule has 0 saturated carbocycles. The first-order chi connectivity index (χ1) is 5.76. The van der Waals surface area contributed by atoms with Gasteiger partial charge in [-0.05, 0) is 20.0 Å². The molecular weight excluding hydrogens is 152 g/mol. The lowest BCUT2D eigenvalue weighted by atomic mass is 10.5. The van der Waals surface area contributed by atoms with Gasteiger partial charge in [-0.2, -0.15) is 0 Å². The average molecular weight is 168 g/mol. The monoisotopic (exact) mass is 168 g/mol. The predicted molar refractivity (Wildman–Crippen MR) is 47.9 cm³/mol. The van der Waals surface area contributed by atoms with Gasteiger partial charge < -0.3 is 4.42 Å². The van der Waals surface area contributed by atoms with Crippen LogP contribution in [0.25, 0.3) is 0 Å². The van der Waals surface area contributed by atoms with E-state index in [2.05, 4.69) is 23.7 Å². The fourth-order valence-electron chi connectivity index (χ4n) is 1.11. The molecule has 0 atom stereocenters. The van der Waals surface area contributed by atoms with Gasteiger partial charge in [0, 0.05) is 0 Å². The highest BCUT2D eigenvalue weighted by Gasteiger charge is 2.04. The molecule has 0 aliphatic heterocycles. The minimum Gasteiger partial charge on any atom is -0.445 e. The first-order valence-corrected chi connectivity index (χ1v) is 4.40. The number of aryl methyl sites for hydroxylation is 1. The molecule has 1 heterocycles. The first-order valence-electron chi connectivity index (χ1n) is 4.40. The van der Waals surface area contributed by atoms with Gasteiger partial charge in [0.2, 0.25) is 5.89 Å². The molecule has 1 rings (SSSR count). The van der Waals surface area contributed by atoms with Crippen LogP contribution < -0.4 is 0 Å². The van der Waals surface area contributed by atoms with Crippen LogP contribution in [0.3, 0.4) is 0 Å². The zero-order valence-corrected chi connectivity index (χ0v) is 8.00. The van der Waals surface area contributed by atoms with Gasteiger partial charge in [-0.3, -0.25) is 4.90 Å². The number of oxazole rings is 1. The molecule has 1 aromatic rings. The van der Waals surface area contributed by atoms with Gasteiger partial charge >= 0.3 is 0 Å². The molecule has 0 amide bonds. The molecule has 0 fully saturated rings. The van der Waals surface area contributed by atoms with Gasteiger partial charge in [0.1, 0.15) is 5.76 Å². The molecule has 68 valence electrons. The van der Waals surface area contributed by atoms with Crippen molar-refractivity contribution in [2.75, 3.05) is 13.1 Å². The van der Waals surface area contributed by atoms with Crippen LogP contribution in [0.1, 0.15) is 25.5 Å². The summed E-state index contributed by atoms with van der Waals surface area (Å²) in [6, 6.07) is 0. The minimum atomic E-state index is 0.816. The van der Waals surface area contributed by atoms with E-state index in [0.29, 0.717) is 0 Å². The summed E-state index contributed by atoms with van der Waals surface area (Å²) >= 11 is 0. The van der Waals surface area contributed by atoms with E-state index in [1.54, 1.807) is 6.20 Å². The maximum Gasteiger partial charge on any atom is 0.208 e. The van der Waals surface area contributed by atoms with E-state index >= 15 is 0 Å². The van der Waals surface area contributed by atoms with Crippen molar-refractivity contribution in [3.8, 4) is 0 Å². The zero-order chi connectivity index (χ0) is 8.97. The molecule has 3 heteroatoms. The molecule has 0 aliphatic rings. The molecule has 0 unspecified atom stereocenters. The number of hydrogen-bond acceptors (Lipinski definition) is 3. The van der Waals surface area contributed by atoms with Crippen LogP contribution in [-0.4, -0.2) is 23.0 Å². The van der Waals surface area contributed by atoms with E-state index in [0.717, 1.165) is 31.3 Å². The molecule has 12 heavy (non-hydrogen) atoms. The Morgan fingerprint density at radius 3 is 2.50 bits per heavy atom. The predicted octanol–water partition coefficient (Wildman–Crippen LogP) is 1.82. The Bertz CT molecular complexity index is 228. The summed E-state index contributed by atoms with van der Waals surface area (Å²) < 4.78 is 5.36. The van der Waals surface area contributed by atoms with Gasteiger partial charge in [0.15, 0.2) is 0 Å². The molecule has 0 bridgehead atoms. The third kappa shape index (κ3) is 2.34. The topological polar surface area (TPSA) is 29.3 Å².